The monoisotopic (exact) mass is 375 g/mol. The summed E-state index contributed by atoms with van der Waals surface area (Å²) in [7, 11) is 0. The lowest BCUT2D eigenvalue weighted by atomic mass is 10.1. The largest absolute Gasteiger partial charge is 0.493 e. The van der Waals surface area contributed by atoms with Gasteiger partial charge in [0.25, 0.3) is 11.8 Å². The second kappa shape index (κ2) is 8.87. The van der Waals surface area contributed by atoms with Gasteiger partial charge in [0.2, 0.25) is 5.91 Å². The van der Waals surface area contributed by atoms with Gasteiger partial charge in [0.15, 0.2) is 0 Å². The molecule has 3 amide bonds. The van der Waals surface area contributed by atoms with Crippen LogP contribution in [0.5, 0.6) is 5.75 Å². The van der Waals surface area contributed by atoms with Crippen LogP contribution in [0.4, 0.5) is 5.69 Å². The average molecular weight is 376 g/mol. The molecule has 0 spiro atoms. The summed E-state index contributed by atoms with van der Waals surface area (Å²) in [5, 5.41) is 2.88. The topological polar surface area (TPSA) is 96.5 Å². The number of hydrazine groups is 1. The molecule has 0 saturated heterocycles. The van der Waals surface area contributed by atoms with Gasteiger partial charge in [0.05, 0.1) is 22.8 Å². The predicted molar refractivity (Wildman–Crippen MR) is 98.3 cm³/mol. The molecule has 0 aliphatic rings. The highest BCUT2D eigenvalue weighted by molar-refractivity contribution is 6.33. The molecule has 2 aromatic carbocycles. The molecule has 3 N–H and O–H groups in total. The molecular weight excluding hydrogens is 358 g/mol. The predicted octanol–water partition coefficient (Wildman–Crippen LogP) is 2.77. The molecule has 136 valence electrons. The summed E-state index contributed by atoms with van der Waals surface area (Å²) in [6.45, 7) is 3.48. The maximum Gasteiger partial charge on any atom is 0.273 e. The van der Waals surface area contributed by atoms with E-state index in [1.165, 1.54) is 25.1 Å². The highest BCUT2D eigenvalue weighted by Gasteiger charge is 2.16. The van der Waals surface area contributed by atoms with Crippen molar-refractivity contribution in [3.8, 4) is 5.75 Å². The van der Waals surface area contributed by atoms with E-state index in [2.05, 4.69) is 16.2 Å². The van der Waals surface area contributed by atoms with Crippen molar-refractivity contribution >= 4 is 35.0 Å². The van der Waals surface area contributed by atoms with Crippen LogP contribution in [0.15, 0.2) is 42.5 Å². The van der Waals surface area contributed by atoms with Gasteiger partial charge in [0.1, 0.15) is 5.75 Å². The minimum Gasteiger partial charge on any atom is -0.493 e. The minimum absolute atomic E-state index is 0.209. The van der Waals surface area contributed by atoms with Crippen LogP contribution < -0.4 is 20.9 Å². The standard InChI is InChI=1S/C18H18ClN3O4/c1-3-26-16-10-12(20-11(2)23)8-9-14(16)18(25)22-21-17(24)13-6-4-5-7-15(13)19/h4-10H,3H2,1-2H3,(H,20,23)(H,21,24)(H,22,25). The first-order valence-electron chi connectivity index (χ1n) is 7.82. The zero-order chi connectivity index (χ0) is 19.1. The van der Waals surface area contributed by atoms with Gasteiger partial charge >= 0.3 is 0 Å². The quantitative estimate of drug-likeness (QED) is 0.700. The zero-order valence-electron chi connectivity index (χ0n) is 14.3. The van der Waals surface area contributed by atoms with Crippen molar-refractivity contribution in [2.45, 2.75) is 13.8 Å². The van der Waals surface area contributed by atoms with Crippen molar-refractivity contribution in [3.05, 3.63) is 58.6 Å². The number of hydrogen-bond donors (Lipinski definition) is 3. The average Bonchev–Trinajstić information content (AvgIpc) is 2.60. The molecule has 0 radical (unpaired) electrons. The Morgan fingerprint density at radius 1 is 1.00 bits per heavy atom. The molecule has 0 unspecified atom stereocenters. The van der Waals surface area contributed by atoms with E-state index in [1.54, 1.807) is 31.2 Å². The Hall–Kier alpha value is -3.06. The summed E-state index contributed by atoms with van der Waals surface area (Å²) in [5.74, 6) is -1.07. The van der Waals surface area contributed by atoms with Crippen LogP contribution in [-0.4, -0.2) is 24.3 Å². The SMILES string of the molecule is CCOc1cc(NC(C)=O)ccc1C(=O)NNC(=O)c1ccccc1Cl. The van der Waals surface area contributed by atoms with Crippen LogP contribution >= 0.6 is 11.6 Å². The van der Waals surface area contributed by atoms with E-state index >= 15 is 0 Å². The zero-order valence-corrected chi connectivity index (χ0v) is 15.0. The third-order valence-electron chi connectivity index (χ3n) is 3.25. The number of rotatable bonds is 5. The van der Waals surface area contributed by atoms with Crippen LogP contribution in [0.1, 0.15) is 34.6 Å². The van der Waals surface area contributed by atoms with E-state index in [4.69, 9.17) is 16.3 Å². The molecule has 0 aromatic heterocycles. The van der Waals surface area contributed by atoms with E-state index in [0.717, 1.165) is 0 Å². The fraction of sp³-hybridized carbons (Fsp3) is 0.167. The van der Waals surface area contributed by atoms with E-state index in [-0.39, 0.29) is 27.8 Å². The van der Waals surface area contributed by atoms with Crippen LogP contribution in [0.25, 0.3) is 0 Å². The Labute approximate surface area is 155 Å². The van der Waals surface area contributed by atoms with Crippen molar-refractivity contribution in [3.63, 3.8) is 0 Å². The van der Waals surface area contributed by atoms with Gasteiger partial charge in [-0.2, -0.15) is 0 Å². The normalized spacial score (nSPS) is 9.96. The van der Waals surface area contributed by atoms with Gasteiger partial charge in [-0.15, -0.1) is 0 Å². The lowest BCUT2D eigenvalue weighted by Crippen LogP contribution is -2.41. The number of nitrogens with one attached hydrogen (secondary N) is 3. The highest BCUT2D eigenvalue weighted by Crippen LogP contribution is 2.23. The van der Waals surface area contributed by atoms with Crippen LogP contribution in [0.2, 0.25) is 5.02 Å². The summed E-state index contributed by atoms with van der Waals surface area (Å²) >= 11 is 5.95. The number of amides is 3. The number of halogens is 1. The smallest absolute Gasteiger partial charge is 0.273 e. The van der Waals surface area contributed by atoms with Crippen molar-refractivity contribution in [1.29, 1.82) is 0 Å². The summed E-state index contributed by atoms with van der Waals surface area (Å²) in [6, 6.07) is 11.1. The minimum atomic E-state index is -0.566. The third kappa shape index (κ3) is 4.97. The summed E-state index contributed by atoms with van der Waals surface area (Å²) < 4.78 is 5.44. The number of carbonyl (C=O) groups excluding carboxylic acids is 3. The van der Waals surface area contributed by atoms with Crippen LogP contribution in [0, 0.1) is 0 Å². The molecule has 8 heteroatoms. The Morgan fingerprint density at radius 3 is 2.27 bits per heavy atom. The molecule has 0 saturated carbocycles. The first-order chi connectivity index (χ1) is 12.4. The van der Waals surface area contributed by atoms with E-state index in [9.17, 15) is 14.4 Å². The first kappa shape index (κ1) is 19.3. The molecular formula is C18H18ClN3O4. The Kier molecular flexibility index (Phi) is 6.57. The Balaban J connectivity index is 2.12. The Bertz CT molecular complexity index is 839. The summed E-state index contributed by atoms with van der Waals surface area (Å²) in [6.07, 6.45) is 0. The number of carbonyl (C=O) groups is 3. The van der Waals surface area contributed by atoms with Gasteiger partial charge in [-0.3, -0.25) is 25.2 Å². The number of benzene rings is 2. The van der Waals surface area contributed by atoms with Gasteiger partial charge < -0.3 is 10.1 Å². The molecule has 0 fully saturated rings. The molecule has 0 heterocycles. The number of hydrogen-bond acceptors (Lipinski definition) is 4. The molecule has 0 bridgehead atoms. The molecule has 2 aromatic rings. The van der Waals surface area contributed by atoms with Gasteiger partial charge in [-0.05, 0) is 31.2 Å². The van der Waals surface area contributed by atoms with E-state index in [1.807, 2.05) is 0 Å². The van der Waals surface area contributed by atoms with Crippen molar-refractivity contribution in [1.82, 2.24) is 10.9 Å². The van der Waals surface area contributed by atoms with E-state index in [0.29, 0.717) is 12.3 Å². The summed E-state index contributed by atoms with van der Waals surface area (Å²) in [4.78, 5) is 35.6. The molecule has 7 nitrogen and oxygen atoms in total. The molecule has 0 aliphatic heterocycles. The van der Waals surface area contributed by atoms with Gasteiger partial charge in [0, 0.05) is 18.7 Å². The fourth-order valence-electron chi connectivity index (χ4n) is 2.16. The van der Waals surface area contributed by atoms with Crippen LogP contribution in [0.3, 0.4) is 0 Å². The second-order valence-corrected chi connectivity index (χ2v) is 5.62. The van der Waals surface area contributed by atoms with E-state index < -0.39 is 11.8 Å². The fourth-order valence-corrected chi connectivity index (χ4v) is 2.38. The van der Waals surface area contributed by atoms with Gasteiger partial charge in [-0.1, -0.05) is 23.7 Å². The summed E-state index contributed by atoms with van der Waals surface area (Å²) in [5.41, 5.74) is 5.57. The molecule has 2 rings (SSSR count). The van der Waals surface area contributed by atoms with Crippen LogP contribution in [-0.2, 0) is 4.79 Å². The third-order valence-corrected chi connectivity index (χ3v) is 3.58. The second-order valence-electron chi connectivity index (χ2n) is 5.21. The number of ether oxygens (including phenoxy) is 1. The highest BCUT2D eigenvalue weighted by atomic mass is 35.5. The first-order valence-corrected chi connectivity index (χ1v) is 8.19. The van der Waals surface area contributed by atoms with Crippen molar-refractivity contribution in [2.24, 2.45) is 0 Å². The van der Waals surface area contributed by atoms with Crippen molar-refractivity contribution < 1.29 is 19.1 Å². The maximum atomic E-state index is 12.4. The lowest BCUT2D eigenvalue weighted by Gasteiger charge is -2.13. The Morgan fingerprint density at radius 2 is 1.65 bits per heavy atom. The molecule has 0 aliphatic carbocycles. The maximum absolute atomic E-state index is 12.4. The van der Waals surface area contributed by atoms with Crippen molar-refractivity contribution in [2.75, 3.05) is 11.9 Å². The number of anilines is 1. The molecule has 26 heavy (non-hydrogen) atoms. The molecule has 0 atom stereocenters. The van der Waals surface area contributed by atoms with Gasteiger partial charge in [-0.25, -0.2) is 0 Å². The lowest BCUT2D eigenvalue weighted by molar-refractivity contribution is -0.114.